The number of carbonyl (C=O) groups excluding carboxylic acids is 1. The second-order valence-electron chi connectivity index (χ2n) is 11.1. The number of fused-ring (bicyclic) bond motifs is 7. The number of anilines is 3. The molecule has 2 aromatic carbocycles. The van der Waals surface area contributed by atoms with Gasteiger partial charge in [-0.15, -0.1) is 0 Å². The van der Waals surface area contributed by atoms with Crippen LogP contribution in [-0.2, 0) is 23.3 Å². The monoisotopic (exact) mass is 535 g/mol. The zero-order valence-corrected chi connectivity index (χ0v) is 22.3. The molecule has 1 aliphatic carbocycles. The number of likely N-dealkylation sites (N-methyl/N-ethyl adjacent to an activating group) is 1. The van der Waals surface area contributed by atoms with E-state index in [4.69, 9.17) is 9.72 Å². The fourth-order valence-corrected chi connectivity index (χ4v) is 6.52. The van der Waals surface area contributed by atoms with Gasteiger partial charge in [-0.1, -0.05) is 18.2 Å². The molecule has 1 amide bonds. The fraction of sp³-hybridized carbons (Fsp3) is 0.333. The van der Waals surface area contributed by atoms with Crippen molar-refractivity contribution >= 4 is 34.3 Å². The average molecular weight is 536 g/mol. The Morgan fingerprint density at radius 3 is 2.83 bits per heavy atom. The molecule has 0 atom stereocenters. The molecule has 1 spiro atoms. The summed E-state index contributed by atoms with van der Waals surface area (Å²) >= 11 is 0. The minimum absolute atomic E-state index is 0.0237. The van der Waals surface area contributed by atoms with E-state index >= 15 is 0 Å². The summed E-state index contributed by atoms with van der Waals surface area (Å²) in [7, 11) is 2.22. The van der Waals surface area contributed by atoms with Gasteiger partial charge in [0.05, 0.1) is 17.9 Å². The Labute approximate surface area is 230 Å². The highest BCUT2D eigenvalue weighted by Crippen LogP contribution is 2.53. The Hall–Kier alpha value is -4.44. The van der Waals surface area contributed by atoms with Crippen molar-refractivity contribution in [3.05, 3.63) is 76.2 Å². The molecule has 3 aliphatic heterocycles. The molecule has 2 aromatic heterocycles. The molecule has 0 saturated heterocycles. The molecule has 4 aromatic rings. The van der Waals surface area contributed by atoms with Crippen LogP contribution < -0.4 is 20.5 Å². The third kappa shape index (κ3) is 3.45. The Morgan fingerprint density at radius 1 is 1.05 bits per heavy atom. The van der Waals surface area contributed by atoms with Gasteiger partial charge in [0.25, 0.3) is 11.5 Å². The van der Waals surface area contributed by atoms with Crippen molar-refractivity contribution < 1.29 is 9.53 Å². The van der Waals surface area contributed by atoms with Gasteiger partial charge in [-0.05, 0) is 74.2 Å². The lowest BCUT2D eigenvalue weighted by molar-refractivity contribution is -0.121. The van der Waals surface area contributed by atoms with E-state index in [9.17, 15) is 9.59 Å². The largest absolute Gasteiger partial charge is 0.482 e. The third-order valence-electron chi connectivity index (χ3n) is 8.80. The normalized spacial score (nSPS) is 19.9. The zero-order chi connectivity index (χ0) is 27.0. The first-order valence-corrected chi connectivity index (χ1v) is 13.8. The quantitative estimate of drug-likeness (QED) is 0.393. The summed E-state index contributed by atoms with van der Waals surface area (Å²) in [5.74, 6) is 0.996. The van der Waals surface area contributed by atoms with Crippen molar-refractivity contribution in [3.63, 3.8) is 0 Å². The van der Waals surface area contributed by atoms with Crippen LogP contribution in [0.5, 0.6) is 5.75 Å². The highest BCUT2D eigenvalue weighted by atomic mass is 16.5. The summed E-state index contributed by atoms with van der Waals surface area (Å²) in [5.41, 5.74) is 5.71. The molecule has 202 valence electrons. The first-order chi connectivity index (χ1) is 19.5. The maximum Gasteiger partial charge on any atom is 0.278 e. The Balaban J connectivity index is 1.23. The van der Waals surface area contributed by atoms with Gasteiger partial charge in [-0.3, -0.25) is 14.5 Å². The molecule has 0 unspecified atom stereocenters. The molecule has 4 aliphatic rings. The van der Waals surface area contributed by atoms with Gasteiger partial charge < -0.3 is 15.0 Å². The minimum Gasteiger partial charge on any atom is -0.482 e. The molecule has 40 heavy (non-hydrogen) atoms. The van der Waals surface area contributed by atoms with E-state index in [1.165, 1.54) is 24.0 Å². The van der Waals surface area contributed by atoms with Gasteiger partial charge in [0.1, 0.15) is 11.1 Å². The first kappa shape index (κ1) is 23.4. The van der Waals surface area contributed by atoms with Crippen LogP contribution in [0.4, 0.5) is 17.3 Å². The molecule has 1 saturated carbocycles. The number of hydrogen-bond donors (Lipinski definition) is 1. The second kappa shape index (κ2) is 8.53. The Bertz CT molecular complexity index is 1800. The number of carbonyl (C=O) groups is 1. The van der Waals surface area contributed by atoms with Crippen LogP contribution >= 0.6 is 0 Å². The topological polar surface area (TPSA) is 97.5 Å². The van der Waals surface area contributed by atoms with Crippen molar-refractivity contribution in [2.45, 2.75) is 37.8 Å². The van der Waals surface area contributed by atoms with E-state index in [0.29, 0.717) is 47.9 Å². The lowest BCUT2D eigenvalue weighted by atomic mass is 9.90. The maximum atomic E-state index is 13.5. The molecule has 8 rings (SSSR count). The van der Waals surface area contributed by atoms with Crippen LogP contribution in [0.1, 0.15) is 30.4 Å². The van der Waals surface area contributed by atoms with E-state index in [0.717, 1.165) is 24.3 Å². The van der Waals surface area contributed by atoms with E-state index in [2.05, 4.69) is 40.4 Å². The van der Waals surface area contributed by atoms with Crippen LogP contribution in [-0.4, -0.2) is 56.9 Å². The van der Waals surface area contributed by atoms with E-state index < -0.39 is 0 Å². The average Bonchev–Trinajstić information content (AvgIpc) is 3.71. The van der Waals surface area contributed by atoms with Gasteiger partial charge in [-0.25, -0.2) is 14.3 Å². The molecule has 1 N–H and O–H groups in total. The highest BCUT2D eigenvalue weighted by Gasteiger charge is 2.50. The highest BCUT2D eigenvalue weighted by molar-refractivity contribution is 5.98. The van der Waals surface area contributed by atoms with Crippen molar-refractivity contribution in [2.75, 3.05) is 37.0 Å². The zero-order valence-electron chi connectivity index (χ0n) is 22.3. The number of aromatic nitrogens is 4. The Morgan fingerprint density at radius 2 is 1.95 bits per heavy atom. The van der Waals surface area contributed by atoms with Gasteiger partial charge >= 0.3 is 0 Å². The van der Waals surface area contributed by atoms with Gasteiger partial charge in [0.2, 0.25) is 5.95 Å². The number of amides is 1. The molecular weight excluding hydrogens is 506 g/mol. The Kier molecular flexibility index (Phi) is 5.00. The van der Waals surface area contributed by atoms with Crippen molar-refractivity contribution in [2.24, 2.45) is 0 Å². The van der Waals surface area contributed by atoms with Crippen LogP contribution in [0.15, 0.2) is 59.5 Å². The number of rotatable bonds is 2. The van der Waals surface area contributed by atoms with Crippen molar-refractivity contribution in [1.29, 1.82) is 0 Å². The van der Waals surface area contributed by atoms with Gasteiger partial charge in [0.15, 0.2) is 12.3 Å². The predicted molar refractivity (Wildman–Crippen MR) is 152 cm³/mol. The van der Waals surface area contributed by atoms with Crippen LogP contribution in [0, 0.1) is 0 Å². The summed E-state index contributed by atoms with van der Waals surface area (Å²) in [5, 5.41) is 3.81. The van der Waals surface area contributed by atoms with E-state index in [1.54, 1.807) is 15.8 Å². The number of benzene rings is 2. The van der Waals surface area contributed by atoms with Crippen LogP contribution in [0.25, 0.3) is 16.7 Å². The third-order valence-corrected chi connectivity index (χ3v) is 8.80. The number of nitrogens with one attached hydrogen (secondary N) is 1. The summed E-state index contributed by atoms with van der Waals surface area (Å²) in [6, 6.07) is 12.2. The molecule has 10 heteroatoms. The summed E-state index contributed by atoms with van der Waals surface area (Å²) < 4.78 is 9.17. The molecule has 10 nitrogen and oxygen atoms in total. The lowest BCUT2D eigenvalue weighted by Crippen LogP contribution is -2.39. The molecule has 0 radical (unpaired) electrons. The fourth-order valence-electron chi connectivity index (χ4n) is 6.52. The number of hydrogen-bond acceptors (Lipinski definition) is 7. The van der Waals surface area contributed by atoms with Crippen molar-refractivity contribution in [3.8, 4) is 11.4 Å². The number of ether oxygens (including phenoxy) is 1. The number of nitrogens with zero attached hydrogens (tertiary/aromatic N) is 6. The SMILES string of the molecule is CN1CCc2cc(Nc3ncc4c(=O)n5n(c4n3)-c3ccc4c(c3)N(CC/C=C/C5)C(=O)CO4)ccc2C12CC2. The molecule has 5 heterocycles. The predicted octanol–water partition coefficient (Wildman–Crippen LogP) is 3.49. The number of allylic oxidation sites excluding steroid dienone is 1. The van der Waals surface area contributed by atoms with E-state index in [-0.39, 0.29) is 23.6 Å². The maximum absolute atomic E-state index is 13.5. The summed E-state index contributed by atoms with van der Waals surface area (Å²) in [6.07, 6.45) is 9.68. The first-order valence-electron chi connectivity index (χ1n) is 13.8. The summed E-state index contributed by atoms with van der Waals surface area (Å²) in [6.45, 7) is 2.01. The molecular formula is C30H29N7O3. The smallest absolute Gasteiger partial charge is 0.278 e. The standard InChI is InChI=1S/C30H29N7O3/c1-34-14-9-19-15-20(5-7-23(19)30(34)10-11-30)32-29-31-17-22-27(33-29)37-21-6-8-25-24(16-21)35(26(38)18-40-25)12-3-2-4-13-36(37)28(22)39/h2,4-8,15-17H,3,9-14,18H2,1H3,(H,31,32,33)/b4-2+. The van der Waals surface area contributed by atoms with Gasteiger partial charge in [0, 0.05) is 30.5 Å². The molecule has 1 fully saturated rings. The van der Waals surface area contributed by atoms with Crippen molar-refractivity contribution in [1.82, 2.24) is 24.2 Å². The second-order valence-corrected chi connectivity index (χ2v) is 11.1. The van der Waals surface area contributed by atoms with Crippen LogP contribution in [0.3, 0.4) is 0 Å². The summed E-state index contributed by atoms with van der Waals surface area (Å²) in [4.78, 5) is 39.8. The minimum atomic E-state index is -0.167. The molecule has 2 bridgehead atoms. The van der Waals surface area contributed by atoms with Crippen LogP contribution in [0.2, 0.25) is 0 Å². The van der Waals surface area contributed by atoms with Gasteiger partial charge in [-0.2, -0.15) is 4.98 Å². The van der Waals surface area contributed by atoms with E-state index in [1.807, 2.05) is 35.0 Å². The lowest BCUT2D eigenvalue weighted by Gasteiger charge is -2.35.